The number of methoxy groups -OCH3 is 2. The van der Waals surface area contributed by atoms with E-state index in [1.807, 2.05) is 66.7 Å². The number of nitriles is 1. The molecule has 2 aliphatic rings. The van der Waals surface area contributed by atoms with Gasteiger partial charge in [0.15, 0.2) is 0 Å². The van der Waals surface area contributed by atoms with Crippen molar-refractivity contribution in [1.82, 2.24) is 14.2 Å². The van der Waals surface area contributed by atoms with Crippen LogP contribution >= 0.6 is 8.53 Å². The molecule has 12 nitrogen and oxygen atoms in total. The molecule has 1 aliphatic heterocycles. The first-order valence-electron chi connectivity index (χ1n) is 20.0. The van der Waals surface area contributed by atoms with Gasteiger partial charge in [-0.15, -0.1) is 0 Å². The third-order valence-corrected chi connectivity index (χ3v) is 13.8. The third kappa shape index (κ3) is 8.26. The number of aromatic nitrogens is 2. The van der Waals surface area contributed by atoms with Gasteiger partial charge in [-0.2, -0.15) is 5.26 Å². The fraction of sp³-hybridized carbons (Fsp3) is 0.489. The third-order valence-electron chi connectivity index (χ3n) is 11.7. The Morgan fingerprint density at radius 1 is 0.931 bits per heavy atom. The van der Waals surface area contributed by atoms with Gasteiger partial charge in [0.2, 0.25) is 0 Å². The summed E-state index contributed by atoms with van der Waals surface area (Å²) in [5, 5.41) is 9.49. The topological polar surface area (TPSA) is 137 Å². The van der Waals surface area contributed by atoms with E-state index in [1.165, 1.54) is 4.57 Å². The largest absolute Gasteiger partial charge is 0.497 e. The van der Waals surface area contributed by atoms with Crippen LogP contribution in [0.3, 0.4) is 0 Å². The van der Waals surface area contributed by atoms with E-state index >= 15 is 0 Å². The first-order valence-corrected chi connectivity index (χ1v) is 21.2. The predicted molar refractivity (Wildman–Crippen MR) is 224 cm³/mol. The average Bonchev–Trinajstić information content (AvgIpc) is 3.48. The minimum absolute atomic E-state index is 0.0318. The van der Waals surface area contributed by atoms with Crippen LogP contribution in [0.2, 0.25) is 0 Å². The van der Waals surface area contributed by atoms with E-state index in [2.05, 4.69) is 69.4 Å². The monoisotopic (exact) mass is 812 g/mol. The maximum atomic E-state index is 13.7. The van der Waals surface area contributed by atoms with E-state index in [1.54, 1.807) is 27.3 Å². The zero-order chi connectivity index (χ0) is 41.8. The Hall–Kier alpha value is -4.34. The van der Waals surface area contributed by atoms with Crippen molar-refractivity contribution >= 4 is 8.53 Å². The summed E-state index contributed by atoms with van der Waals surface area (Å²) >= 11 is 0. The van der Waals surface area contributed by atoms with E-state index in [9.17, 15) is 14.9 Å². The zero-order valence-electron chi connectivity index (χ0n) is 35.0. The van der Waals surface area contributed by atoms with Gasteiger partial charge in [0, 0.05) is 29.8 Å². The molecule has 1 saturated heterocycles. The van der Waals surface area contributed by atoms with Gasteiger partial charge in [0.25, 0.3) is 14.1 Å². The molecule has 6 rings (SSSR count). The van der Waals surface area contributed by atoms with Gasteiger partial charge in [-0.25, -0.2) is 9.46 Å². The number of aryl methyl sites for hydroxylation is 1. The standard InChI is InChI=1S/C45H57N4O8P/c1-29(2)49(30(3)4)58(55-25-13-24-46)57-40-39-31(5)26-33(7)44(40,56-42(39)48-27-32(6)41(50)47-43(48)51)28-54-45(34-14-11-10-12-15-34,35-16-20-37(52-8)21-17-35)36-18-22-38(53-9)23-19-36/h10-12,14-23,27,29-31,33,39-40,42H,13,25-26,28H2,1-9H3,(H,47,50,51)/t31-,33+,39-,40+,42-,44+,58?/m1/s1. The van der Waals surface area contributed by atoms with E-state index in [-0.39, 0.29) is 49.5 Å². The molecule has 0 spiro atoms. The molecule has 0 amide bonds. The molecule has 310 valence electrons. The van der Waals surface area contributed by atoms with E-state index in [4.69, 9.17) is 28.0 Å². The first kappa shape index (κ1) is 43.2. The highest BCUT2D eigenvalue weighted by Gasteiger charge is 2.65. The lowest BCUT2D eigenvalue weighted by molar-refractivity contribution is -0.184. The number of hydrogen-bond donors (Lipinski definition) is 1. The van der Waals surface area contributed by atoms with Crippen LogP contribution in [-0.4, -0.2) is 65.4 Å². The Balaban J connectivity index is 1.56. The minimum atomic E-state index is -1.74. The lowest BCUT2D eigenvalue weighted by atomic mass is 9.66. The smallest absolute Gasteiger partial charge is 0.330 e. The second-order valence-corrected chi connectivity index (χ2v) is 17.4. The van der Waals surface area contributed by atoms with Crippen LogP contribution < -0.4 is 20.7 Å². The molecule has 1 aromatic heterocycles. The summed E-state index contributed by atoms with van der Waals surface area (Å²) in [4.78, 5) is 28.8. The molecule has 1 aliphatic carbocycles. The predicted octanol–water partition coefficient (Wildman–Crippen LogP) is 8.09. The summed E-state index contributed by atoms with van der Waals surface area (Å²) in [6, 6.07) is 28.2. The van der Waals surface area contributed by atoms with Crippen molar-refractivity contribution in [2.45, 2.75) is 96.9 Å². The van der Waals surface area contributed by atoms with Crippen LogP contribution in [0.4, 0.5) is 0 Å². The maximum Gasteiger partial charge on any atom is 0.330 e. The van der Waals surface area contributed by atoms with Crippen LogP contribution in [0.1, 0.15) is 82.9 Å². The summed E-state index contributed by atoms with van der Waals surface area (Å²) in [7, 11) is 1.55. The molecule has 2 bridgehead atoms. The van der Waals surface area contributed by atoms with Crippen molar-refractivity contribution in [2.24, 2.45) is 17.8 Å². The summed E-state index contributed by atoms with van der Waals surface area (Å²) in [6.45, 7) is 14.7. The van der Waals surface area contributed by atoms with Crippen LogP contribution in [0, 0.1) is 36.0 Å². The molecular formula is C45H57N4O8P. The van der Waals surface area contributed by atoms with Crippen molar-refractivity contribution in [2.75, 3.05) is 27.4 Å². The lowest BCUT2D eigenvalue weighted by Gasteiger charge is -2.49. The molecule has 2 heterocycles. The molecule has 4 aromatic rings. The normalized spacial score (nSPS) is 23.6. The Morgan fingerprint density at radius 3 is 2.03 bits per heavy atom. The van der Waals surface area contributed by atoms with Gasteiger partial charge in [-0.3, -0.25) is 14.3 Å². The minimum Gasteiger partial charge on any atom is -0.497 e. The zero-order valence-corrected chi connectivity index (χ0v) is 35.9. The average molecular weight is 813 g/mol. The molecule has 1 N–H and O–H groups in total. The van der Waals surface area contributed by atoms with Crippen molar-refractivity contribution < 1.29 is 28.0 Å². The number of H-pyrrole nitrogens is 1. The Kier molecular flexibility index (Phi) is 13.6. The van der Waals surface area contributed by atoms with Crippen molar-refractivity contribution in [3.8, 4) is 17.6 Å². The van der Waals surface area contributed by atoms with E-state index in [0.29, 0.717) is 17.1 Å². The number of nitrogens with zero attached hydrogens (tertiary/aromatic N) is 3. The van der Waals surface area contributed by atoms with Crippen molar-refractivity contribution in [3.05, 3.63) is 128 Å². The first-order chi connectivity index (χ1) is 27.8. The summed E-state index contributed by atoms with van der Waals surface area (Å²) in [5.41, 5.74) is -0.283. The lowest BCUT2D eigenvalue weighted by Crippen LogP contribution is -2.57. The van der Waals surface area contributed by atoms with Crippen LogP contribution in [0.25, 0.3) is 0 Å². The molecule has 2 fully saturated rings. The summed E-state index contributed by atoms with van der Waals surface area (Å²) in [5.74, 6) is 0.971. The Bertz CT molecular complexity index is 2080. The molecule has 13 heteroatoms. The van der Waals surface area contributed by atoms with Gasteiger partial charge < -0.3 is 28.0 Å². The van der Waals surface area contributed by atoms with E-state index in [0.717, 1.165) is 23.1 Å². The highest BCUT2D eigenvalue weighted by molar-refractivity contribution is 7.44. The quantitative estimate of drug-likeness (QED) is 0.0633. The number of aromatic amines is 1. The molecule has 58 heavy (non-hydrogen) atoms. The number of rotatable bonds is 17. The second kappa shape index (κ2) is 18.3. The number of fused-ring (bicyclic) bond motifs is 2. The van der Waals surface area contributed by atoms with Crippen molar-refractivity contribution in [3.63, 3.8) is 0 Å². The highest BCUT2D eigenvalue weighted by atomic mass is 31.2. The van der Waals surface area contributed by atoms with Crippen LogP contribution in [0.5, 0.6) is 11.5 Å². The number of benzene rings is 3. The highest BCUT2D eigenvalue weighted by Crippen LogP contribution is 2.61. The van der Waals surface area contributed by atoms with Crippen molar-refractivity contribution in [1.29, 1.82) is 5.26 Å². The Morgan fingerprint density at radius 2 is 1.50 bits per heavy atom. The van der Waals surface area contributed by atoms with Crippen LogP contribution in [0.15, 0.2) is 94.6 Å². The fourth-order valence-electron chi connectivity index (χ4n) is 8.86. The maximum absolute atomic E-state index is 13.7. The fourth-order valence-corrected chi connectivity index (χ4v) is 10.7. The molecular weight excluding hydrogens is 755 g/mol. The van der Waals surface area contributed by atoms with Gasteiger partial charge in [-0.05, 0) is 93.8 Å². The van der Waals surface area contributed by atoms with Gasteiger partial charge in [-0.1, -0.05) is 68.4 Å². The molecule has 7 atom stereocenters. The molecule has 0 radical (unpaired) electrons. The summed E-state index contributed by atoms with van der Waals surface area (Å²) in [6.07, 6.45) is 1.11. The molecule has 1 unspecified atom stereocenters. The number of hydrogen-bond acceptors (Lipinski definition) is 10. The summed E-state index contributed by atoms with van der Waals surface area (Å²) < 4.78 is 43.7. The SMILES string of the molecule is COc1ccc(C(OC[C@]23O[C@@H](n4cc(C)c(=O)[nH]c4=O)[C@H]([C@H](C)C[C@@H]2C)[C@@H]3OP(OCCC#N)N(C(C)C)C(C)C)(c2ccccc2)c2ccc(OC)cc2)cc1. The van der Waals surface area contributed by atoms with Gasteiger partial charge in [0.1, 0.15) is 35.0 Å². The second-order valence-electron chi connectivity index (χ2n) is 16.0. The van der Waals surface area contributed by atoms with Gasteiger partial charge >= 0.3 is 5.69 Å². The van der Waals surface area contributed by atoms with Crippen LogP contribution in [-0.2, 0) is 24.1 Å². The molecule has 1 saturated carbocycles. The number of nitrogens with one attached hydrogen (secondary N) is 1. The Labute approximate surface area is 343 Å². The van der Waals surface area contributed by atoms with Gasteiger partial charge in [0.05, 0.1) is 39.9 Å². The molecule has 3 aromatic carbocycles. The number of ether oxygens (including phenoxy) is 4. The van der Waals surface area contributed by atoms with E-state index < -0.39 is 43.3 Å².